The van der Waals surface area contributed by atoms with Gasteiger partial charge in [-0.15, -0.1) is 0 Å². The molecule has 7 heteroatoms. The van der Waals surface area contributed by atoms with Crippen LogP contribution in [-0.2, 0) is 0 Å². The quantitative estimate of drug-likeness (QED) is 0.263. The Morgan fingerprint density at radius 1 is 1.64 bits per heavy atom. The normalized spacial score (nSPS) is 9.91. The predicted molar refractivity (Wildman–Crippen MR) is 36.0 cm³/mol. The second-order valence-electron chi connectivity index (χ2n) is 1.86. The van der Waals surface area contributed by atoms with Crippen molar-refractivity contribution in [3.05, 3.63) is 5.21 Å². The lowest BCUT2D eigenvalue weighted by molar-refractivity contribution is -0.598. The summed E-state index contributed by atoms with van der Waals surface area (Å²) >= 11 is 0. The second-order valence-corrected chi connectivity index (χ2v) is 1.86. The van der Waals surface area contributed by atoms with E-state index >= 15 is 0 Å². The number of hydrogen-bond donors (Lipinski definition) is 3. The first-order valence-electron chi connectivity index (χ1n) is 2.72. The zero-order valence-electron chi connectivity index (χ0n) is 5.81. The Labute approximate surface area is 61.9 Å². The number of ether oxygens (including phenoxy) is 1. The Morgan fingerprint density at radius 3 is 2.36 bits per heavy atom. The Kier molecular flexibility index (Phi) is 1.41. The van der Waals surface area contributed by atoms with E-state index in [4.69, 9.17) is 16.7 Å². The van der Waals surface area contributed by atoms with E-state index in [-0.39, 0.29) is 22.4 Å². The average Bonchev–Trinajstić information content (AvgIpc) is 2.17. The van der Waals surface area contributed by atoms with Crippen LogP contribution in [-0.4, -0.2) is 17.0 Å². The molecule has 0 unspecified atom stereocenters. The van der Waals surface area contributed by atoms with Crippen molar-refractivity contribution in [3.63, 3.8) is 0 Å². The van der Waals surface area contributed by atoms with Gasteiger partial charge in [0.25, 0.3) is 11.6 Å². The first kappa shape index (κ1) is 7.32. The highest BCUT2D eigenvalue weighted by Gasteiger charge is 2.21. The molecule has 0 aliphatic rings. The van der Waals surface area contributed by atoms with Crippen molar-refractivity contribution in [1.82, 2.24) is 4.73 Å². The molecule has 0 amide bonds. The van der Waals surface area contributed by atoms with Gasteiger partial charge in [0.2, 0.25) is 0 Å². The number of anilines is 2. The third-order valence-corrected chi connectivity index (χ3v) is 1.25. The maximum Gasteiger partial charge on any atom is 0.439 e. The summed E-state index contributed by atoms with van der Waals surface area (Å²) in [6.45, 7) is 0. The smallest absolute Gasteiger partial charge is 0.439 e. The van der Waals surface area contributed by atoms with Crippen LogP contribution in [0.5, 0.6) is 6.01 Å². The molecule has 0 radical (unpaired) electrons. The van der Waals surface area contributed by atoms with Gasteiger partial charge in [-0.2, -0.15) is 0 Å². The van der Waals surface area contributed by atoms with Crippen molar-refractivity contribution >= 4 is 11.6 Å². The van der Waals surface area contributed by atoms with Crippen LogP contribution in [0.25, 0.3) is 0 Å². The first-order chi connectivity index (χ1) is 5.09. The summed E-state index contributed by atoms with van der Waals surface area (Å²) in [4.78, 5) is 0. The van der Waals surface area contributed by atoms with Gasteiger partial charge in [-0.1, -0.05) is 0 Å². The molecule has 62 valence electrons. The van der Waals surface area contributed by atoms with Crippen LogP contribution in [0.1, 0.15) is 0 Å². The number of methoxy groups -OCH3 is 1. The van der Waals surface area contributed by atoms with Crippen molar-refractivity contribution in [3.8, 4) is 6.01 Å². The summed E-state index contributed by atoms with van der Waals surface area (Å²) in [6, 6.07) is -0.361. The molecule has 0 aliphatic carbocycles. The SMILES string of the molecule is COc1n(O)c(N)c(N)[n+]1[O-]. The van der Waals surface area contributed by atoms with Crippen LogP contribution >= 0.6 is 0 Å². The van der Waals surface area contributed by atoms with E-state index in [9.17, 15) is 5.21 Å². The molecule has 0 saturated carbocycles. The topological polar surface area (TPSA) is 113 Å². The van der Waals surface area contributed by atoms with Crippen molar-refractivity contribution in [2.45, 2.75) is 0 Å². The number of hydrogen-bond acceptors (Lipinski definition) is 5. The van der Waals surface area contributed by atoms with Crippen LogP contribution in [0.15, 0.2) is 0 Å². The lowest BCUT2D eigenvalue weighted by Crippen LogP contribution is -2.30. The van der Waals surface area contributed by atoms with Gasteiger partial charge in [0, 0.05) is 0 Å². The molecular weight excluding hydrogens is 152 g/mol. The minimum absolute atomic E-state index is 0.190. The highest BCUT2D eigenvalue weighted by Crippen LogP contribution is 2.16. The Bertz CT molecular complexity index is 256. The van der Waals surface area contributed by atoms with Gasteiger partial charge in [0.05, 0.1) is 7.11 Å². The molecule has 0 atom stereocenters. The number of nitrogen functional groups attached to an aromatic ring is 2. The van der Waals surface area contributed by atoms with Gasteiger partial charge in [0.1, 0.15) is 0 Å². The van der Waals surface area contributed by atoms with Crippen LogP contribution < -0.4 is 20.9 Å². The van der Waals surface area contributed by atoms with Gasteiger partial charge in [-0.05, 0) is 4.73 Å². The first-order valence-corrected chi connectivity index (χ1v) is 2.72. The fourth-order valence-electron chi connectivity index (χ4n) is 0.674. The summed E-state index contributed by atoms with van der Waals surface area (Å²) in [5.41, 5.74) is 10.3. The summed E-state index contributed by atoms with van der Waals surface area (Å²) in [5.74, 6) is -0.527. The second kappa shape index (κ2) is 2.11. The van der Waals surface area contributed by atoms with E-state index in [0.29, 0.717) is 4.73 Å². The molecule has 0 fully saturated rings. The minimum Gasteiger partial charge on any atom is -0.737 e. The summed E-state index contributed by atoms with van der Waals surface area (Å²) < 4.78 is 5.05. The molecule has 0 saturated heterocycles. The van der Waals surface area contributed by atoms with E-state index in [1.165, 1.54) is 7.11 Å². The predicted octanol–water partition coefficient (Wildman–Crippen LogP) is -1.47. The Balaban J connectivity index is 3.36. The maximum absolute atomic E-state index is 10.8. The van der Waals surface area contributed by atoms with Crippen molar-refractivity contribution < 1.29 is 14.7 Å². The molecular formula is C4H8N4O3. The number of imidazole rings is 1. The van der Waals surface area contributed by atoms with Crippen LogP contribution in [0.3, 0.4) is 0 Å². The van der Waals surface area contributed by atoms with Crippen molar-refractivity contribution in [1.29, 1.82) is 0 Å². The third-order valence-electron chi connectivity index (χ3n) is 1.25. The zero-order chi connectivity index (χ0) is 8.59. The van der Waals surface area contributed by atoms with E-state index in [1.54, 1.807) is 0 Å². The van der Waals surface area contributed by atoms with Gasteiger partial charge in [-0.3, -0.25) is 0 Å². The summed E-state index contributed by atoms with van der Waals surface area (Å²) in [5, 5.41) is 19.8. The molecule has 1 heterocycles. The minimum atomic E-state index is -0.361. The van der Waals surface area contributed by atoms with Crippen LogP contribution in [0.2, 0.25) is 0 Å². The number of nitrogens with two attached hydrogens (primary N) is 2. The molecule has 1 aromatic rings. The Morgan fingerprint density at radius 2 is 2.18 bits per heavy atom. The summed E-state index contributed by atoms with van der Waals surface area (Å²) in [7, 11) is 1.22. The largest absolute Gasteiger partial charge is 0.737 e. The maximum atomic E-state index is 10.8. The van der Waals surface area contributed by atoms with Crippen molar-refractivity contribution in [2.75, 3.05) is 18.6 Å². The molecule has 7 nitrogen and oxygen atoms in total. The lowest BCUT2D eigenvalue weighted by Gasteiger charge is -2.01. The van der Waals surface area contributed by atoms with Gasteiger partial charge < -0.3 is 26.6 Å². The number of aromatic nitrogens is 2. The lowest BCUT2D eigenvalue weighted by atomic mass is 10.7. The van der Waals surface area contributed by atoms with E-state index in [1.807, 2.05) is 0 Å². The number of rotatable bonds is 1. The highest BCUT2D eigenvalue weighted by molar-refractivity contribution is 5.50. The highest BCUT2D eigenvalue weighted by atomic mass is 16.6. The Hall–Kier alpha value is -1.79. The number of nitrogens with zero attached hydrogens (tertiary/aromatic N) is 2. The van der Waals surface area contributed by atoms with E-state index < -0.39 is 0 Å². The van der Waals surface area contributed by atoms with E-state index in [0.717, 1.165) is 0 Å². The molecule has 0 spiro atoms. The zero-order valence-corrected chi connectivity index (χ0v) is 5.81. The van der Waals surface area contributed by atoms with E-state index in [2.05, 4.69) is 4.74 Å². The standard InChI is InChI=1S/C4H8N4O3/c1-11-4-7(9)2(5)3(6)8(4)10/h9H,5-6H2,1H3. The average molecular weight is 160 g/mol. The molecule has 1 rings (SSSR count). The molecule has 1 aromatic heterocycles. The molecule has 11 heavy (non-hydrogen) atoms. The van der Waals surface area contributed by atoms with Gasteiger partial charge in [-0.25, -0.2) is 4.73 Å². The molecule has 5 N–H and O–H groups in total. The van der Waals surface area contributed by atoms with Crippen LogP contribution in [0, 0.1) is 5.21 Å². The van der Waals surface area contributed by atoms with Crippen molar-refractivity contribution in [2.24, 2.45) is 0 Å². The molecule has 0 aliphatic heterocycles. The van der Waals surface area contributed by atoms with Gasteiger partial charge >= 0.3 is 6.01 Å². The molecule has 0 aromatic carbocycles. The van der Waals surface area contributed by atoms with Crippen LogP contribution in [0.4, 0.5) is 11.6 Å². The van der Waals surface area contributed by atoms with Gasteiger partial charge in [0.15, 0.2) is 0 Å². The fourth-order valence-corrected chi connectivity index (χ4v) is 0.674. The monoisotopic (exact) mass is 160 g/mol. The third kappa shape index (κ3) is 0.775. The summed E-state index contributed by atoms with van der Waals surface area (Å²) in [6.07, 6.45) is 0. The molecule has 0 bridgehead atoms. The fraction of sp³-hybridized carbons (Fsp3) is 0.250.